The molecule has 1 aliphatic carbocycles. The van der Waals surface area contributed by atoms with E-state index in [1.807, 2.05) is 6.07 Å². The zero-order valence-electron chi connectivity index (χ0n) is 7.63. The average molecular weight is 212 g/mol. The van der Waals surface area contributed by atoms with Crippen molar-refractivity contribution in [2.24, 2.45) is 5.92 Å². The van der Waals surface area contributed by atoms with Gasteiger partial charge in [-0.3, -0.25) is 0 Å². The predicted molar refractivity (Wildman–Crippen MR) is 53.8 cm³/mol. The molecule has 0 aromatic heterocycles. The Bertz CT molecular complexity index is 370. The second kappa shape index (κ2) is 2.94. The highest BCUT2D eigenvalue weighted by Gasteiger charge is 2.46. The lowest BCUT2D eigenvalue weighted by Gasteiger charge is -2.15. The van der Waals surface area contributed by atoms with Crippen LogP contribution >= 0.6 is 11.6 Å². The number of nitrogens with one attached hydrogen (secondary N) is 1. The van der Waals surface area contributed by atoms with Gasteiger partial charge >= 0.3 is 0 Å². The molecule has 1 aromatic rings. The molecule has 1 nitrogen and oxygen atoms in total. The molecule has 3 rings (SSSR count). The van der Waals surface area contributed by atoms with E-state index in [1.165, 1.54) is 12.5 Å². The lowest BCUT2D eigenvalue weighted by molar-refractivity contribution is 0.559. The van der Waals surface area contributed by atoms with Crippen LogP contribution < -0.4 is 5.32 Å². The summed E-state index contributed by atoms with van der Waals surface area (Å²) in [6.07, 6.45) is 2.39. The molecule has 0 amide bonds. The minimum Gasteiger partial charge on any atom is -0.307 e. The third-order valence-electron chi connectivity index (χ3n) is 3.23. The minimum atomic E-state index is -0.313. The van der Waals surface area contributed by atoms with E-state index in [2.05, 4.69) is 5.32 Å². The minimum absolute atomic E-state index is 0.266. The molecule has 14 heavy (non-hydrogen) atoms. The summed E-state index contributed by atoms with van der Waals surface area (Å²) >= 11 is 5.92. The lowest BCUT2D eigenvalue weighted by atomic mass is 10.0. The molecule has 0 radical (unpaired) electrons. The maximum Gasteiger partial charge on any atom is 0.142 e. The van der Waals surface area contributed by atoms with Crippen LogP contribution in [-0.4, -0.2) is 6.04 Å². The fourth-order valence-electron chi connectivity index (χ4n) is 2.35. The normalized spacial score (nSPS) is 34.3. The fraction of sp³-hybridized carbons (Fsp3) is 0.455. The first-order chi connectivity index (χ1) is 6.75. The smallest absolute Gasteiger partial charge is 0.142 e. The Morgan fingerprint density at radius 3 is 2.93 bits per heavy atom. The first-order valence-electron chi connectivity index (χ1n) is 4.95. The van der Waals surface area contributed by atoms with Crippen LogP contribution in [-0.2, 0) is 0 Å². The largest absolute Gasteiger partial charge is 0.307 e. The van der Waals surface area contributed by atoms with Gasteiger partial charge in [0, 0.05) is 12.1 Å². The summed E-state index contributed by atoms with van der Waals surface area (Å²) in [5, 5.41) is 3.74. The number of benzene rings is 1. The molecule has 2 fully saturated rings. The number of rotatable bonds is 1. The zero-order valence-corrected chi connectivity index (χ0v) is 8.39. The maximum absolute atomic E-state index is 13.2. The first kappa shape index (κ1) is 8.69. The van der Waals surface area contributed by atoms with Crippen molar-refractivity contribution in [3.8, 4) is 0 Å². The number of hydrogen-bond acceptors (Lipinski definition) is 1. The molecule has 74 valence electrons. The van der Waals surface area contributed by atoms with Gasteiger partial charge < -0.3 is 5.32 Å². The van der Waals surface area contributed by atoms with Crippen molar-refractivity contribution in [3.05, 3.63) is 34.6 Å². The molecule has 0 spiro atoms. The summed E-state index contributed by atoms with van der Waals surface area (Å²) in [5.74, 6) is 0.492. The topological polar surface area (TPSA) is 12.0 Å². The summed E-state index contributed by atoms with van der Waals surface area (Å²) < 4.78 is 13.2. The van der Waals surface area contributed by atoms with Crippen molar-refractivity contribution in [1.82, 2.24) is 5.32 Å². The van der Waals surface area contributed by atoms with E-state index in [0.29, 0.717) is 6.04 Å². The molecule has 1 aliphatic heterocycles. The molecule has 1 saturated heterocycles. The van der Waals surface area contributed by atoms with Crippen LogP contribution in [0.4, 0.5) is 4.39 Å². The van der Waals surface area contributed by atoms with E-state index in [0.717, 1.165) is 17.9 Å². The number of fused-ring (bicyclic) bond motifs is 1. The lowest BCUT2D eigenvalue weighted by Crippen LogP contribution is -2.18. The molecule has 3 atom stereocenters. The Balaban J connectivity index is 1.92. The Hall–Kier alpha value is -0.600. The van der Waals surface area contributed by atoms with Gasteiger partial charge in [0.1, 0.15) is 5.82 Å². The zero-order chi connectivity index (χ0) is 9.71. The van der Waals surface area contributed by atoms with E-state index < -0.39 is 0 Å². The standard InChI is InChI=1S/C11H11ClFN/c12-11-7(2-1-3-8(11)13)10-5-6-4-9(6)14-10/h1-3,6,9-10,14H,4-5H2. The van der Waals surface area contributed by atoms with Gasteiger partial charge in [-0.2, -0.15) is 0 Å². The van der Waals surface area contributed by atoms with Gasteiger partial charge in [-0.05, 0) is 30.4 Å². The summed E-state index contributed by atoms with van der Waals surface area (Å²) in [6.45, 7) is 0. The van der Waals surface area contributed by atoms with Crippen molar-refractivity contribution in [2.45, 2.75) is 24.9 Å². The van der Waals surface area contributed by atoms with E-state index in [9.17, 15) is 4.39 Å². The average Bonchev–Trinajstić information content (AvgIpc) is 2.78. The van der Waals surface area contributed by atoms with E-state index in [4.69, 9.17) is 11.6 Å². The Labute approximate surface area is 87.3 Å². The van der Waals surface area contributed by atoms with E-state index in [1.54, 1.807) is 6.07 Å². The van der Waals surface area contributed by atoms with E-state index in [-0.39, 0.29) is 16.9 Å². The van der Waals surface area contributed by atoms with Crippen LogP contribution in [0.1, 0.15) is 24.4 Å². The molecular formula is C11H11ClFN. The monoisotopic (exact) mass is 211 g/mol. The van der Waals surface area contributed by atoms with Crippen LogP contribution in [0.25, 0.3) is 0 Å². The van der Waals surface area contributed by atoms with Gasteiger partial charge in [0.15, 0.2) is 0 Å². The first-order valence-corrected chi connectivity index (χ1v) is 5.33. The molecule has 1 aromatic carbocycles. The summed E-state index contributed by atoms with van der Waals surface area (Å²) in [6, 6.07) is 5.97. The third kappa shape index (κ3) is 1.25. The van der Waals surface area contributed by atoms with Crippen molar-refractivity contribution < 1.29 is 4.39 Å². The summed E-state index contributed by atoms with van der Waals surface area (Å²) in [5.41, 5.74) is 0.916. The highest BCUT2D eigenvalue weighted by Crippen LogP contribution is 2.47. The molecule has 3 unspecified atom stereocenters. The Morgan fingerprint density at radius 1 is 1.36 bits per heavy atom. The number of piperidine rings is 1. The van der Waals surface area contributed by atoms with Crippen LogP contribution in [0.15, 0.2) is 18.2 Å². The van der Waals surface area contributed by atoms with Crippen LogP contribution in [0.5, 0.6) is 0 Å². The summed E-state index contributed by atoms with van der Waals surface area (Å²) in [4.78, 5) is 0. The molecular weight excluding hydrogens is 201 g/mol. The van der Waals surface area contributed by atoms with Crippen LogP contribution in [0.3, 0.4) is 0 Å². The van der Waals surface area contributed by atoms with Gasteiger partial charge in [-0.1, -0.05) is 23.7 Å². The SMILES string of the molecule is Fc1cccc(C2CC3CC3N2)c1Cl. The second-order valence-electron chi connectivity index (χ2n) is 4.20. The molecule has 1 saturated carbocycles. The van der Waals surface area contributed by atoms with Gasteiger partial charge in [0.05, 0.1) is 5.02 Å². The van der Waals surface area contributed by atoms with Crippen molar-refractivity contribution >= 4 is 11.6 Å². The van der Waals surface area contributed by atoms with Crippen LogP contribution in [0, 0.1) is 11.7 Å². The van der Waals surface area contributed by atoms with Crippen LogP contribution in [0.2, 0.25) is 5.02 Å². The highest BCUT2D eigenvalue weighted by molar-refractivity contribution is 6.31. The van der Waals surface area contributed by atoms with Gasteiger partial charge in [-0.25, -0.2) is 4.39 Å². The third-order valence-corrected chi connectivity index (χ3v) is 3.63. The molecule has 0 bridgehead atoms. The Morgan fingerprint density at radius 2 is 2.21 bits per heavy atom. The van der Waals surface area contributed by atoms with Crippen molar-refractivity contribution in [3.63, 3.8) is 0 Å². The maximum atomic E-state index is 13.2. The van der Waals surface area contributed by atoms with Crippen molar-refractivity contribution in [2.75, 3.05) is 0 Å². The van der Waals surface area contributed by atoms with Gasteiger partial charge in [-0.15, -0.1) is 0 Å². The molecule has 3 heteroatoms. The number of hydrogen-bond donors (Lipinski definition) is 1. The molecule has 1 heterocycles. The second-order valence-corrected chi connectivity index (χ2v) is 4.58. The van der Waals surface area contributed by atoms with E-state index >= 15 is 0 Å². The summed E-state index contributed by atoms with van der Waals surface area (Å²) in [7, 11) is 0. The fourth-order valence-corrected chi connectivity index (χ4v) is 2.61. The highest BCUT2D eigenvalue weighted by atomic mass is 35.5. The molecule has 2 aliphatic rings. The van der Waals surface area contributed by atoms with Crippen molar-refractivity contribution in [1.29, 1.82) is 0 Å². The van der Waals surface area contributed by atoms with Gasteiger partial charge in [0.25, 0.3) is 0 Å². The molecule has 1 N–H and O–H groups in total. The predicted octanol–water partition coefficient (Wildman–Crippen LogP) is 2.90. The number of halogens is 2. The Kier molecular flexibility index (Phi) is 1.83. The van der Waals surface area contributed by atoms with Gasteiger partial charge in [0.2, 0.25) is 0 Å². The quantitative estimate of drug-likeness (QED) is 0.753.